The van der Waals surface area contributed by atoms with E-state index in [1.54, 1.807) is 70.3 Å². The number of nitrogens with zero attached hydrogens (tertiary/aromatic N) is 2. The van der Waals surface area contributed by atoms with E-state index in [9.17, 15) is 18.0 Å². The fourth-order valence-electron chi connectivity index (χ4n) is 3.16. The maximum Gasteiger partial charge on any atom is 0.408 e. The first-order valence-electron chi connectivity index (χ1n) is 9.44. The number of likely N-dealkylation sites (N-methyl/N-ethyl adjacent to an activating group) is 1. The minimum absolute atomic E-state index is 0.0906. The molecule has 0 bridgehead atoms. The first kappa shape index (κ1) is 21.6. The molecule has 3 rings (SSSR count). The molecule has 9 heteroatoms. The molecule has 0 saturated heterocycles. The second kappa shape index (κ2) is 7.98. The molecule has 2 aromatic rings. The number of anilines is 2. The van der Waals surface area contributed by atoms with Gasteiger partial charge in [-0.2, -0.15) is 0 Å². The van der Waals surface area contributed by atoms with Gasteiger partial charge in [0, 0.05) is 7.05 Å². The smallest absolute Gasteiger partial charge is 0.408 e. The van der Waals surface area contributed by atoms with Crippen LogP contribution in [0.25, 0.3) is 0 Å². The van der Waals surface area contributed by atoms with E-state index >= 15 is 0 Å². The number of hydrogen-bond acceptors (Lipinski definition) is 5. The van der Waals surface area contributed by atoms with Crippen LogP contribution >= 0.6 is 0 Å². The van der Waals surface area contributed by atoms with Crippen LogP contribution in [0, 0.1) is 0 Å². The van der Waals surface area contributed by atoms with Crippen molar-refractivity contribution < 1.29 is 22.7 Å². The highest BCUT2D eigenvalue weighted by atomic mass is 32.2. The lowest BCUT2D eigenvalue weighted by molar-refractivity contribution is -0.120. The number of amides is 2. The van der Waals surface area contributed by atoms with Gasteiger partial charge < -0.3 is 15.0 Å². The summed E-state index contributed by atoms with van der Waals surface area (Å²) in [6.45, 7) is 4.84. The molecule has 2 amide bonds. The van der Waals surface area contributed by atoms with Gasteiger partial charge in [0.25, 0.3) is 15.9 Å². The van der Waals surface area contributed by atoms with Gasteiger partial charge in [0.15, 0.2) is 0 Å². The van der Waals surface area contributed by atoms with Crippen LogP contribution in [0.2, 0.25) is 0 Å². The zero-order valence-corrected chi connectivity index (χ0v) is 18.1. The molecule has 0 spiro atoms. The Morgan fingerprint density at radius 1 is 1.03 bits per heavy atom. The highest BCUT2D eigenvalue weighted by molar-refractivity contribution is 7.92. The second-order valence-corrected chi connectivity index (χ2v) is 9.80. The molecule has 1 N–H and O–H groups in total. The van der Waals surface area contributed by atoms with E-state index in [1.807, 2.05) is 0 Å². The lowest BCUT2D eigenvalue weighted by Gasteiger charge is -2.27. The summed E-state index contributed by atoms with van der Waals surface area (Å²) in [5.74, 6) is -0.445. The number of benzene rings is 2. The average molecular weight is 432 g/mol. The molecule has 1 unspecified atom stereocenters. The van der Waals surface area contributed by atoms with Crippen LogP contribution in [-0.4, -0.2) is 45.7 Å². The van der Waals surface area contributed by atoms with Crippen LogP contribution < -0.4 is 14.5 Å². The maximum absolute atomic E-state index is 13.4. The molecule has 0 fully saturated rings. The van der Waals surface area contributed by atoms with Crippen molar-refractivity contribution in [2.75, 3.05) is 22.8 Å². The Kier molecular flexibility index (Phi) is 5.76. The Balaban J connectivity index is 2.05. The van der Waals surface area contributed by atoms with Gasteiger partial charge >= 0.3 is 6.09 Å². The van der Waals surface area contributed by atoms with Crippen LogP contribution in [0.15, 0.2) is 59.5 Å². The van der Waals surface area contributed by atoms with Crippen LogP contribution in [0.3, 0.4) is 0 Å². The lowest BCUT2D eigenvalue weighted by Crippen LogP contribution is -2.53. The van der Waals surface area contributed by atoms with Crippen LogP contribution in [-0.2, 0) is 19.6 Å². The fourth-order valence-corrected chi connectivity index (χ4v) is 4.67. The van der Waals surface area contributed by atoms with Crippen molar-refractivity contribution in [1.82, 2.24) is 5.32 Å². The SMILES string of the molecule is CN1C(=O)C(NC(=O)OC(C)(C)C)CN(S(=O)(=O)c2ccccc2)c2ccccc21. The van der Waals surface area contributed by atoms with E-state index in [-0.39, 0.29) is 11.4 Å². The van der Waals surface area contributed by atoms with Crippen LogP contribution in [0.1, 0.15) is 20.8 Å². The minimum Gasteiger partial charge on any atom is -0.444 e. The summed E-state index contributed by atoms with van der Waals surface area (Å²) in [6, 6.07) is 13.6. The molecular weight excluding hydrogens is 406 g/mol. The number of fused-ring (bicyclic) bond motifs is 1. The van der Waals surface area contributed by atoms with Crippen molar-refractivity contribution in [2.24, 2.45) is 0 Å². The zero-order valence-electron chi connectivity index (χ0n) is 17.3. The second-order valence-electron chi connectivity index (χ2n) is 7.93. The summed E-state index contributed by atoms with van der Waals surface area (Å²) in [5, 5.41) is 2.53. The zero-order chi connectivity index (χ0) is 22.1. The van der Waals surface area contributed by atoms with Crippen molar-refractivity contribution in [3.8, 4) is 0 Å². The van der Waals surface area contributed by atoms with Gasteiger partial charge in [0.1, 0.15) is 11.6 Å². The van der Waals surface area contributed by atoms with E-state index in [2.05, 4.69) is 5.32 Å². The van der Waals surface area contributed by atoms with Gasteiger partial charge in [-0.25, -0.2) is 13.2 Å². The van der Waals surface area contributed by atoms with Crippen molar-refractivity contribution in [3.05, 3.63) is 54.6 Å². The maximum atomic E-state index is 13.4. The number of rotatable bonds is 3. The molecule has 0 radical (unpaired) electrons. The number of para-hydroxylation sites is 2. The Hall–Kier alpha value is -3.07. The number of nitrogens with one attached hydrogen (secondary N) is 1. The first-order chi connectivity index (χ1) is 14.0. The Labute approximate surface area is 176 Å². The lowest BCUT2D eigenvalue weighted by atomic mass is 10.2. The van der Waals surface area contributed by atoms with E-state index < -0.39 is 33.7 Å². The van der Waals surface area contributed by atoms with Gasteiger partial charge in [0.2, 0.25) is 0 Å². The van der Waals surface area contributed by atoms with E-state index in [1.165, 1.54) is 17.0 Å². The van der Waals surface area contributed by atoms with E-state index in [0.717, 1.165) is 4.31 Å². The molecule has 0 aliphatic carbocycles. The Bertz CT molecular complexity index is 1050. The topological polar surface area (TPSA) is 96.0 Å². The summed E-state index contributed by atoms with van der Waals surface area (Å²) in [4.78, 5) is 26.8. The predicted molar refractivity (Wildman–Crippen MR) is 114 cm³/mol. The molecular formula is C21H25N3O5S. The van der Waals surface area contributed by atoms with E-state index in [4.69, 9.17) is 4.74 Å². The van der Waals surface area contributed by atoms with Gasteiger partial charge in [-0.05, 0) is 45.0 Å². The quantitative estimate of drug-likeness (QED) is 0.806. The molecule has 0 saturated carbocycles. The number of sulfonamides is 1. The highest BCUT2D eigenvalue weighted by Gasteiger charge is 2.38. The standard InChI is InChI=1S/C21H25N3O5S/c1-21(2,3)29-20(26)22-16-14-24(30(27,28)15-10-6-5-7-11-15)18-13-9-8-12-17(18)23(4)19(16)25/h5-13,16H,14H2,1-4H3,(H,22,26). The largest absolute Gasteiger partial charge is 0.444 e. The van der Waals surface area contributed by atoms with Crippen LogP contribution in [0.5, 0.6) is 0 Å². The molecule has 1 heterocycles. The van der Waals surface area contributed by atoms with Crippen molar-refractivity contribution in [2.45, 2.75) is 37.3 Å². The third-order valence-electron chi connectivity index (χ3n) is 4.51. The predicted octanol–water partition coefficient (Wildman–Crippen LogP) is 2.75. The molecule has 0 aromatic heterocycles. The van der Waals surface area contributed by atoms with Crippen molar-refractivity contribution >= 4 is 33.4 Å². The van der Waals surface area contributed by atoms with Gasteiger partial charge in [0.05, 0.1) is 22.8 Å². The number of carbonyl (C=O) groups is 2. The highest BCUT2D eigenvalue weighted by Crippen LogP contribution is 2.35. The molecule has 8 nitrogen and oxygen atoms in total. The van der Waals surface area contributed by atoms with Crippen LogP contribution in [0.4, 0.5) is 16.2 Å². The third kappa shape index (κ3) is 4.40. The summed E-state index contributed by atoms with van der Waals surface area (Å²) < 4.78 is 33.3. The van der Waals surface area contributed by atoms with Gasteiger partial charge in [-0.3, -0.25) is 9.10 Å². The molecule has 1 aliphatic heterocycles. The summed E-state index contributed by atoms with van der Waals surface area (Å²) in [5.41, 5.74) is 0.0175. The fraction of sp³-hybridized carbons (Fsp3) is 0.333. The number of hydrogen-bond donors (Lipinski definition) is 1. The van der Waals surface area contributed by atoms with E-state index in [0.29, 0.717) is 11.4 Å². The minimum atomic E-state index is -3.99. The molecule has 1 aliphatic rings. The van der Waals surface area contributed by atoms with Gasteiger partial charge in [-0.15, -0.1) is 0 Å². The number of ether oxygens (including phenoxy) is 1. The Morgan fingerprint density at radius 3 is 2.20 bits per heavy atom. The molecule has 2 aromatic carbocycles. The number of carbonyl (C=O) groups excluding carboxylic acids is 2. The van der Waals surface area contributed by atoms with Crippen molar-refractivity contribution in [1.29, 1.82) is 0 Å². The molecule has 160 valence electrons. The van der Waals surface area contributed by atoms with Gasteiger partial charge in [-0.1, -0.05) is 30.3 Å². The summed E-state index contributed by atoms with van der Waals surface area (Å²) in [7, 11) is -2.44. The number of alkyl carbamates (subject to hydrolysis) is 1. The third-order valence-corrected chi connectivity index (χ3v) is 6.30. The van der Waals surface area contributed by atoms with Crippen molar-refractivity contribution in [3.63, 3.8) is 0 Å². The molecule has 30 heavy (non-hydrogen) atoms. The normalized spacial score (nSPS) is 17.2. The average Bonchev–Trinajstić information content (AvgIpc) is 2.78. The Morgan fingerprint density at radius 2 is 1.60 bits per heavy atom. The summed E-state index contributed by atoms with van der Waals surface area (Å²) in [6.07, 6.45) is -0.794. The molecule has 1 atom stereocenters. The monoisotopic (exact) mass is 431 g/mol. The summed E-state index contributed by atoms with van der Waals surface area (Å²) >= 11 is 0. The first-order valence-corrected chi connectivity index (χ1v) is 10.9.